The Labute approximate surface area is 48.0 Å². The van der Waals surface area contributed by atoms with Crippen molar-refractivity contribution in [1.82, 2.24) is 0 Å². The summed E-state index contributed by atoms with van der Waals surface area (Å²) < 4.78 is 0. The quantitative estimate of drug-likeness (QED) is 0.505. The third kappa shape index (κ3) is 11.9. The van der Waals surface area contributed by atoms with Crippen molar-refractivity contribution in [2.75, 3.05) is 0 Å². The first-order valence-electron chi connectivity index (χ1n) is 0. The zero-order valence-electron chi connectivity index (χ0n) is 1.82. The van der Waals surface area contributed by atoms with Gasteiger partial charge in [0.2, 0.25) is 0 Å². The Morgan fingerprint density at radius 3 is 0.750 bits per heavy atom. The molecular weight excluding hydrogens is 239 g/mol. The van der Waals surface area contributed by atoms with E-state index in [9.17, 15) is 0 Å². The first kappa shape index (κ1) is 79.3. The van der Waals surface area contributed by atoms with Crippen molar-refractivity contribution < 1.29 is 36.8 Å². The molecule has 2 nitrogen and oxygen atoms in total. The van der Waals surface area contributed by atoms with Crippen LogP contribution in [0.4, 0.5) is 0 Å². The molecule has 0 radical (unpaired) electrons. The Hall–Kier alpha value is 1.01. The van der Waals surface area contributed by atoms with Crippen LogP contribution in [-0.4, -0.2) is 11.0 Å². The molecular formula is HfO2Si+4. The summed E-state index contributed by atoms with van der Waals surface area (Å²) in [6.07, 6.45) is 0. The van der Waals surface area contributed by atoms with Gasteiger partial charge in [0, 0.05) is 0 Å². The van der Waals surface area contributed by atoms with Crippen molar-refractivity contribution in [3.8, 4) is 0 Å². The van der Waals surface area contributed by atoms with E-state index in [4.69, 9.17) is 0 Å². The maximum absolute atomic E-state index is 0. The molecule has 0 aromatic carbocycles. The molecule has 0 saturated heterocycles. The monoisotopic (exact) mass is 240 g/mol. The van der Waals surface area contributed by atoms with E-state index in [0.29, 0.717) is 0 Å². The van der Waals surface area contributed by atoms with E-state index in [1.54, 1.807) is 0 Å². The van der Waals surface area contributed by atoms with E-state index in [2.05, 4.69) is 0 Å². The Morgan fingerprint density at radius 2 is 0.750 bits per heavy atom. The molecule has 0 bridgehead atoms. The normalized spacial score (nSPS) is 0. The fourth-order valence-electron chi connectivity index (χ4n) is 0. The molecule has 0 unspecified atom stereocenters. The molecule has 0 aliphatic heterocycles. The summed E-state index contributed by atoms with van der Waals surface area (Å²) in [6.45, 7) is 0. The molecule has 0 N–H and O–H groups in total. The molecule has 0 rings (SSSR count). The third-order valence-corrected chi connectivity index (χ3v) is 0. The second-order valence-corrected chi connectivity index (χ2v) is 0. The van der Waals surface area contributed by atoms with E-state index >= 15 is 0 Å². The summed E-state index contributed by atoms with van der Waals surface area (Å²) >= 11 is 0. The van der Waals surface area contributed by atoms with Gasteiger partial charge in [-0.25, -0.2) is 0 Å². The van der Waals surface area contributed by atoms with Crippen molar-refractivity contribution in [2.45, 2.75) is 0 Å². The molecule has 0 aromatic heterocycles. The third-order valence-electron chi connectivity index (χ3n) is 0. The van der Waals surface area contributed by atoms with Crippen LogP contribution in [0.1, 0.15) is 0 Å². The molecule has 4 heavy (non-hydrogen) atoms. The Balaban J connectivity index is 0. The van der Waals surface area contributed by atoms with Crippen LogP contribution < -0.4 is 0 Å². The summed E-state index contributed by atoms with van der Waals surface area (Å²) in [6, 6.07) is 0. The predicted molar refractivity (Wildman–Crippen MR) is 7.13 cm³/mol. The van der Waals surface area contributed by atoms with Gasteiger partial charge in [-0.3, -0.25) is 0 Å². The van der Waals surface area contributed by atoms with Crippen molar-refractivity contribution in [2.24, 2.45) is 0 Å². The van der Waals surface area contributed by atoms with Crippen LogP contribution >= 0.6 is 0 Å². The summed E-state index contributed by atoms with van der Waals surface area (Å²) in [4.78, 5) is 0. The molecule has 0 aliphatic carbocycles. The molecule has 0 amide bonds. The maximum Gasteiger partial charge on any atom is 4.00 e. The Morgan fingerprint density at radius 1 is 0.750 bits per heavy atom. The van der Waals surface area contributed by atoms with Crippen LogP contribution in [0.3, 0.4) is 0 Å². The summed E-state index contributed by atoms with van der Waals surface area (Å²) in [5.41, 5.74) is 0. The van der Waals surface area contributed by atoms with E-state index in [0.717, 1.165) is 0 Å². The molecule has 0 spiro atoms. The van der Waals surface area contributed by atoms with Gasteiger partial charge in [-0.1, -0.05) is 0 Å². The summed E-state index contributed by atoms with van der Waals surface area (Å²) in [5.74, 6) is 0. The van der Waals surface area contributed by atoms with E-state index in [-0.39, 0.29) is 47.8 Å². The topological polar surface area (TPSA) is 57.0 Å². The van der Waals surface area contributed by atoms with Crippen molar-refractivity contribution in [3.05, 3.63) is 0 Å². The minimum Gasteiger partial charge on any atom is -2.00 e. The van der Waals surface area contributed by atoms with Crippen LogP contribution in [0, 0.1) is 0 Å². The number of rotatable bonds is 0. The van der Waals surface area contributed by atoms with E-state index < -0.39 is 0 Å². The van der Waals surface area contributed by atoms with Gasteiger partial charge in [0.25, 0.3) is 0 Å². The van der Waals surface area contributed by atoms with Gasteiger partial charge < -0.3 is 11.0 Å². The van der Waals surface area contributed by atoms with Crippen LogP contribution in [0.25, 0.3) is 0 Å². The Bertz CT molecular complexity index is 6.00. The van der Waals surface area contributed by atoms with Crippen LogP contribution in [0.2, 0.25) is 0 Å². The largest absolute Gasteiger partial charge is 4.00 e. The standard InChI is InChI=1S/Hf.2O.Si/q+4;2*-2;+4. The van der Waals surface area contributed by atoms with Crippen LogP contribution in [0.5, 0.6) is 0 Å². The number of hydrogen-bond acceptors (Lipinski definition) is 0. The van der Waals surface area contributed by atoms with Gasteiger partial charge in [-0.2, -0.15) is 0 Å². The van der Waals surface area contributed by atoms with Gasteiger partial charge in [-0.05, 0) is 0 Å². The fraction of sp³-hybridized carbons (Fsp3) is 0. The van der Waals surface area contributed by atoms with E-state index in [1.165, 1.54) is 0 Å². The minimum atomic E-state index is 0. The molecule has 4 heteroatoms. The molecule has 0 aromatic rings. The molecule has 0 fully saturated rings. The van der Waals surface area contributed by atoms with Gasteiger partial charge >= 0.3 is 36.8 Å². The second-order valence-electron chi connectivity index (χ2n) is 0. The first-order chi connectivity index (χ1) is 0. The number of hydrogen-bond donors (Lipinski definition) is 0. The van der Waals surface area contributed by atoms with Crippen LogP contribution in [-0.2, 0) is 36.8 Å². The van der Waals surface area contributed by atoms with Crippen LogP contribution in [0.15, 0.2) is 0 Å². The van der Waals surface area contributed by atoms with Crippen molar-refractivity contribution in [3.63, 3.8) is 0 Å². The van der Waals surface area contributed by atoms with Crippen molar-refractivity contribution >= 4 is 11.0 Å². The maximum atomic E-state index is 0. The second kappa shape index (κ2) is 35.7. The molecule has 0 aliphatic rings. The van der Waals surface area contributed by atoms with E-state index in [1.807, 2.05) is 0 Å². The molecule has 0 saturated carbocycles. The van der Waals surface area contributed by atoms with Gasteiger partial charge in [0.15, 0.2) is 0 Å². The average Bonchev–Trinajstić information content (AvgIpc) is 0. The zero-order valence-corrected chi connectivity index (χ0v) is 6.41. The van der Waals surface area contributed by atoms with Gasteiger partial charge in [0.05, 0.1) is 0 Å². The van der Waals surface area contributed by atoms with Crippen molar-refractivity contribution in [1.29, 1.82) is 0 Å². The average molecular weight is 239 g/mol. The first-order valence-corrected chi connectivity index (χ1v) is 0. The zero-order chi connectivity index (χ0) is 0. The molecule has 0 atom stereocenters. The van der Waals surface area contributed by atoms with Gasteiger partial charge in [0.1, 0.15) is 0 Å². The summed E-state index contributed by atoms with van der Waals surface area (Å²) in [5, 5.41) is 0. The Kier molecular flexibility index (Phi) is 708. The summed E-state index contributed by atoms with van der Waals surface area (Å²) in [7, 11) is 0. The smallest absolute Gasteiger partial charge is 2.00 e. The SMILES string of the molecule is [Hf+4].[O-2].[O-2].[Si+4]. The molecule has 16 valence electrons. The van der Waals surface area contributed by atoms with Gasteiger partial charge in [-0.15, -0.1) is 0 Å². The molecule has 0 heterocycles. The predicted octanol–water partition coefficient (Wildman–Crippen LogP) is -0.621. The fourth-order valence-corrected chi connectivity index (χ4v) is 0. The minimum absolute atomic E-state index is 0.